The Labute approximate surface area is 113 Å². The number of nitrogens with one attached hydrogen (secondary N) is 1. The summed E-state index contributed by atoms with van der Waals surface area (Å²) in [6.07, 6.45) is 6.11. The van der Waals surface area contributed by atoms with Crippen molar-refractivity contribution in [1.82, 2.24) is 9.97 Å². The summed E-state index contributed by atoms with van der Waals surface area (Å²) in [6, 6.07) is 2.05. The third-order valence-corrected chi connectivity index (χ3v) is 3.84. The molecule has 1 N–H and O–H groups in total. The maximum absolute atomic E-state index is 4.34. The van der Waals surface area contributed by atoms with Crippen LogP contribution in [0.15, 0.2) is 25.0 Å². The molecule has 0 spiro atoms. The molecule has 1 aromatic heterocycles. The minimum atomic E-state index is 0.922. The van der Waals surface area contributed by atoms with E-state index in [1.54, 1.807) is 6.33 Å². The molecule has 98 valence electrons. The van der Waals surface area contributed by atoms with Crippen LogP contribution < -0.4 is 10.2 Å². The fourth-order valence-electron chi connectivity index (χ4n) is 1.98. The van der Waals surface area contributed by atoms with Crippen molar-refractivity contribution in [2.75, 3.05) is 41.4 Å². The number of aromatic nitrogens is 2. The molecule has 0 saturated carbocycles. The van der Waals surface area contributed by atoms with Gasteiger partial charge in [-0.1, -0.05) is 6.08 Å². The van der Waals surface area contributed by atoms with Crippen molar-refractivity contribution in [2.45, 2.75) is 12.8 Å². The third-order valence-electron chi connectivity index (χ3n) is 2.87. The second kappa shape index (κ2) is 7.26. The van der Waals surface area contributed by atoms with Crippen molar-refractivity contribution < 1.29 is 0 Å². The summed E-state index contributed by atoms with van der Waals surface area (Å²) >= 11 is 1.87. The topological polar surface area (TPSA) is 41.0 Å². The summed E-state index contributed by atoms with van der Waals surface area (Å²) < 4.78 is 0. The quantitative estimate of drug-likeness (QED) is 0.605. The van der Waals surface area contributed by atoms with Crippen LogP contribution in [0.2, 0.25) is 0 Å². The fraction of sp³-hybridized carbons (Fsp3) is 0.538. The Hall–Kier alpha value is -1.23. The van der Waals surface area contributed by atoms with Gasteiger partial charge in [-0.05, 0) is 12.8 Å². The lowest BCUT2D eigenvalue weighted by Gasteiger charge is -2.16. The minimum Gasteiger partial charge on any atom is -0.369 e. The Balaban J connectivity index is 1.81. The molecule has 1 fully saturated rings. The molecular formula is C13H20N4S. The highest BCUT2D eigenvalue weighted by Gasteiger charge is 2.13. The smallest absolute Gasteiger partial charge is 0.134 e. The number of rotatable bonds is 7. The van der Waals surface area contributed by atoms with Crippen LogP contribution in [0, 0.1) is 0 Å². The molecule has 2 rings (SSSR count). The van der Waals surface area contributed by atoms with Crippen LogP contribution in [-0.2, 0) is 0 Å². The van der Waals surface area contributed by atoms with E-state index in [-0.39, 0.29) is 0 Å². The van der Waals surface area contributed by atoms with Crippen molar-refractivity contribution in [3.05, 3.63) is 25.0 Å². The van der Waals surface area contributed by atoms with E-state index in [1.807, 2.05) is 23.9 Å². The van der Waals surface area contributed by atoms with Gasteiger partial charge >= 0.3 is 0 Å². The van der Waals surface area contributed by atoms with Gasteiger partial charge in [0.25, 0.3) is 0 Å². The normalized spacial score (nSPS) is 14.8. The second-order valence-corrected chi connectivity index (χ2v) is 5.40. The summed E-state index contributed by atoms with van der Waals surface area (Å²) in [5.41, 5.74) is 0. The zero-order chi connectivity index (χ0) is 12.6. The highest BCUT2D eigenvalue weighted by molar-refractivity contribution is 7.99. The van der Waals surface area contributed by atoms with Gasteiger partial charge < -0.3 is 10.2 Å². The summed E-state index contributed by atoms with van der Waals surface area (Å²) in [5.74, 6) is 4.04. The van der Waals surface area contributed by atoms with E-state index < -0.39 is 0 Å². The molecule has 0 unspecified atom stereocenters. The van der Waals surface area contributed by atoms with Crippen LogP contribution in [0.5, 0.6) is 0 Å². The maximum atomic E-state index is 4.34. The lowest BCUT2D eigenvalue weighted by molar-refractivity contribution is 0.926. The van der Waals surface area contributed by atoms with E-state index in [9.17, 15) is 0 Å². The average Bonchev–Trinajstić information content (AvgIpc) is 2.93. The Kier molecular flexibility index (Phi) is 5.33. The molecular weight excluding hydrogens is 244 g/mol. The van der Waals surface area contributed by atoms with Gasteiger partial charge in [-0.3, -0.25) is 0 Å². The largest absolute Gasteiger partial charge is 0.369 e. The molecule has 0 atom stereocenters. The molecule has 1 saturated heterocycles. The van der Waals surface area contributed by atoms with Crippen LogP contribution in [0.4, 0.5) is 11.6 Å². The number of hydrogen-bond donors (Lipinski definition) is 1. The molecule has 0 aromatic carbocycles. The summed E-state index contributed by atoms with van der Waals surface area (Å²) in [5, 5.41) is 3.33. The Morgan fingerprint density at radius 2 is 2.22 bits per heavy atom. The number of thioether (sulfide) groups is 1. The van der Waals surface area contributed by atoms with E-state index in [2.05, 4.69) is 26.8 Å². The summed E-state index contributed by atoms with van der Waals surface area (Å²) in [4.78, 5) is 10.9. The van der Waals surface area contributed by atoms with Crippen molar-refractivity contribution in [2.24, 2.45) is 0 Å². The molecule has 0 radical (unpaired) electrons. The van der Waals surface area contributed by atoms with Gasteiger partial charge in [0.05, 0.1) is 0 Å². The predicted octanol–water partition coefficient (Wildman–Crippen LogP) is 2.41. The molecule has 0 aliphatic carbocycles. The number of nitrogens with zero attached hydrogens (tertiary/aromatic N) is 3. The van der Waals surface area contributed by atoms with Gasteiger partial charge in [-0.25, -0.2) is 9.97 Å². The van der Waals surface area contributed by atoms with Gasteiger partial charge in [0.15, 0.2) is 0 Å². The van der Waals surface area contributed by atoms with Crippen LogP contribution in [0.25, 0.3) is 0 Å². The molecule has 2 heterocycles. The van der Waals surface area contributed by atoms with Gasteiger partial charge in [0, 0.05) is 37.2 Å². The van der Waals surface area contributed by atoms with Gasteiger partial charge in [-0.15, -0.1) is 6.58 Å². The van der Waals surface area contributed by atoms with Gasteiger partial charge in [-0.2, -0.15) is 11.8 Å². The van der Waals surface area contributed by atoms with Crippen LogP contribution >= 0.6 is 11.8 Å². The van der Waals surface area contributed by atoms with Gasteiger partial charge in [0.2, 0.25) is 0 Å². The lowest BCUT2D eigenvalue weighted by Crippen LogP contribution is -2.19. The van der Waals surface area contributed by atoms with E-state index >= 15 is 0 Å². The molecule has 1 aromatic rings. The fourth-order valence-corrected chi connectivity index (χ4v) is 2.56. The highest BCUT2D eigenvalue weighted by Crippen LogP contribution is 2.19. The van der Waals surface area contributed by atoms with Gasteiger partial charge in [0.1, 0.15) is 18.0 Å². The van der Waals surface area contributed by atoms with E-state index in [4.69, 9.17) is 0 Å². The molecule has 18 heavy (non-hydrogen) atoms. The Morgan fingerprint density at radius 1 is 1.39 bits per heavy atom. The summed E-state index contributed by atoms with van der Waals surface area (Å²) in [6.45, 7) is 6.86. The molecule has 5 heteroatoms. The lowest BCUT2D eigenvalue weighted by atomic mass is 10.4. The van der Waals surface area contributed by atoms with Crippen LogP contribution in [-0.4, -0.2) is 41.1 Å². The monoisotopic (exact) mass is 264 g/mol. The van der Waals surface area contributed by atoms with Crippen molar-refractivity contribution in [3.63, 3.8) is 0 Å². The van der Waals surface area contributed by atoms with Crippen molar-refractivity contribution >= 4 is 23.4 Å². The molecule has 1 aliphatic heterocycles. The minimum absolute atomic E-state index is 0.922. The molecule has 0 amide bonds. The second-order valence-electron chi connectivity index (χ2n) is 4.25. The first-order chi connectivity index (χ1) is 8.90. The highest BCUT2D eigenvalue weighted by atomic mass is 32.2. The van der Waals surface area contributed by atoms with E-state index in [1.165, 1.54) is 12.8 Å². The first kappa shape index (κ1) is 13.2. The first-order valence-electron chi connectivity index (χ1n) is 6.39. The third kappa shape index (κ3) is 3.91. The average molecular weight is 264 g/mol. The van der Waals surface area contributed by atoms with Crippen molar-refractivity contribution in [1.29, 1.82) is 0 Å². The summed E-state index contributed by atoms with van der Waals surface area (Å²) in [7, 11) is 0. The van der Waals surface area contributed by atoms with Crippen molar-refractivity contribution in [3.8, 4) is 0 Å². The SMILES string of the molecule is C=CCSCCNc1cc(N2CCCC2)ncn1. The van der Waals surface area contributed by atoms with Crippen LogP contribution in [0.1, 0.15) is 12.8 Å². The van der Waals surface area contributed by atoms with E-state index in [0.29, 0.717) is 0 Å². The zero-order valence-electron chi connectivity index (χ0n) is 10.6. The molecule has 0 bridgehead atoms. The Morgan fingerprint density at radius 3 is 3.00 bits per heavy atom. The van der Waals surface area contributed by atoms with E-state index in [0.717, 1.165) is 42.8 Å². The molecule has 1 aliphatic rings. The molecule has 4 nitrogen and oxygen atoms in total. The first-order valence-corrected chi connectivity index (χ1v) is 7.55. The van der Waals surface area contributed by atoms with Crippen LogP contribution in [0.3, 0.4) is 0 Å². The number of anilines is 2. The Bertz CT molecular complexity index is 377. The standard InChI is InChI=1S/C13H20N4S/c1-2-8-18-9-5-14-12-10-13(16-11-15-12)17-6-3-4-7-17/h2,10-11H,1,3-9H2,(H,14,15,16). The predicted molar refractivity (Wildman–Crippen MR) is 79.5 cm³/mol. The maximum Gasteiger partial charge on any atom is 0.134 e. The number of hydrogen-bond acceptors (Lipinski definition) is 5. The zero-order valence-corrected chi connectivity index (χ0v) is 11.5.